The molecule has 0 bridgehead atoms. The maximum absolute atomic E-state index is 12.1. The van der Waals surface area contributed by atoms with Crippen LogP contribution < -0.4 is 8.92 Å². The van der Waals surface area contributed by atoms with Gasteiger partial charge in [0, 0.05) is 11.6 Å². The highest BCUT2D eigenvalue weighted by molar-refractivity contribution is 7.87. The van der Waals surface area contributed by atoms with Crippen LogP contribution in [0.25, 0.3) is 0 Å². The summed E-state index contributed by atoms with van der Waals surface area (Å²) < 4.78 is 71.7. The normalized spacial score (nSPS) is 15.7. The van der Waals surface area contributed by atoms with Gasteiger partial charge in [0.05, 0.1) is 6.61 Å². The lowest BCUT2D eigenvalue weighted by Gasteiger charge is -2.18. The molecule has 0 radical (unpaired) electrons. The van der Waals surface area contributed by atoms with Gasteiger partial charge in [0.25, 0.3) is 0 Å². The molecule has 100 valence electrons. The summed E-state index contributed by atoms with van der Waals surface area (Å²) in [5, 5.41) is 0. The lowest BCUT2D eigenvalue weighted by atomic mass is 10.2. The van der Waals surface area contributed by atoms with Gasteiger partial charge in [0.2, 0.25) is 0 Å². The number of halogens is 3. The Bertz CT molecular complexity index is 552. The highest BCUT2D eigenvalue weighted by Crippen LogP contribution is 2.31. The average molecular weight is 284 g/mol. The Morgan fingerprint density at radius 1 is 1.28 bits per heavy atom. The van der Waals surface area contributed by atoms with Gasteiger partial charge < -0.3 is 13.7 Å². The summed E-state index contributed by atoms with van der Waals surface area (Å²) in [5.41, 5.74) is -4.87. The maximum atomic E-state index is 12.1. The SMILES string of the molecule is O=S(=O)(Oc1ccc2c(c1)OCOC2)C(F)(F)F. The summed E-state index contributed by atoms with van der Waals surface area (Å²) in [6, 6.07) is 3.54. The molecule has 1 heterocycles. The highest BCUT2D eigenvalue weighted by atomic mass is 32.2. The van der Waals surface area contributed by atoms with E-state index in [4.69, 9.17) is 9.47 Å². The zero-order valence-electron chi connectivity index (χ0n) is 8.73. The lowest BCUT2D eigenvalue weighted by Crippen LogP contribution is -2.28. The van der Waals surface area contributed by atoms with Crippen LogP contribution in [0.4, 0.5) is 13.2 Å². The van der Waals surface area contributed by atoms with Gasteiger partial charge in [-0.05, 0) is 12.1 Å². The predicted octanol–water partition coefficient (Wildman–Crippen LogP) is 1.78. The van der Waals surface area contributed by atoms with E-state index >= 15 is 0 Å². The van der Waals surface area contributed by atoms with Crippen LogP contribution >= 0.6 is 0 Å². The Morgan fingerprint density at radius 3 is 2.67 bits per heavy atom. The van der Waals surface area contributed by atoms with Gasteiger partial charge in [0.15, 0.2) is 6.79 Å². The van der Waals surface area contributed by atoms with Crippen molar-refractivity contribution in [1.29, 1.82) is 0 Å². The fourth-order valence-corrected chi connectivity index (χ4v) is 1.72. The smallest absolute Gasteiger partial charge is 0.467 e. The molecule has 0 atom stereocenters. The minimum absolute atomic E-state index is 0.0531. The second-order valence-electron chi connectivity index (χ2n) is 3.36. The number of rotatable bonds is 2. The molecule has 0 fully saturated rings. The summed E-state index contributed by atoms with van der Waals surface area (Å²) >= 11 is 0. The predicted molar refractivity (Wildman–Crippen MR) is 52.3 cm³/mol. The summed E-state index contributed by atoms with van der Waals surface area (Å²) in [7, 11) is -5.66. The number of ether oxygens (including phenoxy) is 2. The van der Waals surface area contributed by atoms with Crippen LogP contribution in [-0.4, -0.2) is 20.7 Å². The van der Waals surface area contributed by atoms with Crippen LogP contribution in [0.3, 0.4) is 0 Å². The Balaban J connectivity index is 2.26. The van der Waals surface area contributed by atoms with E-state index in [0.717, 1.165) is 12.1 Å². The second kappa shape index (κ2) is 4.32. The number of alkyl halides is 3. The number of benzene rings is 1. The maximum Gasteiger partial charge on any atom is 0.534 e. The molecule has 0 aliphatic carbocycles. The first-order valence-corrected chi connectivity index (χ1v) is 6.05. The summed E-state index contributed by atoms with van der Waals surface area (Å²) in [4.78, 5) is 0. The minimum atomic E-state index is -5.66. The van der Waals surface area contributed by atoms with E-state index in [1.54, 1.807) is 0 Å². The van der Waals surface area contributed by atoms with Gasteiger partial charge in [-0.15, -0.1) is 0 Å². The van der Waals surface area contributed by atoms with E-state index in [0.29, 0.717) is 5.56 Å². The van der Waals surface area contributed by atoms with Gasteiger partial charge in [-0.2, -0.15) is 21.6 Å². The zero-order valence-corrected chi connectivity index (χ0v) is 9.55. The molecule has 0 aromatic heterocycles. The second-order valence-corrected chi connectivity index (χ2v) is 4.90. The van der Waals surface area contributed by atoms with Gasteiger partial charge in [-0.3, -0.25) is 0 Å². The largest absolute Gasteiger partial charge is 0.534 e. The third-order valence-corrected chi connectivity index (χ3v) is 3.06. The van der Waals surface area contributed by atoms with Crippen LogP contribution in [0.2, 0.25) is 0 Å². The molecule has 1 aliphatic rings. The van der Waals surface area contributed by atoms with Crippen molar-refractivity contribution in [3.8, 4) is 11.5 Å². The first kappa shape index (κ1) is 13.0. The first-order chi connectivity index (χ1) is 8.29. The van der Waals surface area contributed by atoms with Gasteiger partial charge in [-0.25, -0.2) is 0 Å². The van der Waals surface area contributed by atoms with E-state index in [-0.39, 0.29) is 19.1 Å². The molecule has 18 heavy (non-hydrogen) atoms. The number of hydrogen-bond donors (Lipinski definition) is 0. The standard InChI is InChI=1S/C9H7F3O5S/c10-9(11,12)18(13,14)17-7-2-1-6-4-15-5-16-8(6)3-7/h1-3H,4-5H2. The lowest BCUT2D eigenvalue weighted by molar-refractivity contribution is -0.0500. The first-order valence-electron chi connectivity index (χ1n) is 4.64. The van der Waals surface area contributed by atoms with Crippen LogP contribution in [-0.2, 0) is 21.5 Å². The summed E-state index contributed by atoms with van der Waals surface area (Å²) in [5.74, 6) is -0.232. The summed E-state index contributed by atoms with van der Waals surface area (Å²) in [6.07, 6.45) is 0. The zero-order chi connectivity index (χ0) is 13.4. The van der Waals surface area contributed by atoms with E-state index in [9.17, 15) is 21.6 Å². The molecule has 0 unspecified atom stereocenters. The Morgan fingerprint density at radius 2 is 2.00 bits per heavy atom. The Labute approximate surface area is 100 Å². The topological polar surface area (TPSA) is 61.8 Å². The summed E-state index contributed by atoms with van der Waals surface area (Å²) in [6.45, 7) is 0.185. The third-order valence-electron chi connectivity index (χ3n) is 2.08. The van der Waals surface area contributed by atoms with Crippen molar-refractivity contribution in [2.45, 2.75) is 12.1 Å². The molecule has 5 nitrogen and oxygen atoms in total. The van der Waals surface area contributed by atoms with Crippen LogP contribution in [0.15, 0.2) is 18.2 Å². The van der Waals surface area contributed by atoms with Crippen LogP contribution in [0, 0.1) is 0 Å². The van der Waals surface area contributed by atoms with Crippen molar-refractivity contribution >= 4 is 10.1 Å². The fourth-order valence-electron chi connectivity index (χ4n) is 1.27. The van der Waals surface area contributed by atoms with Gasteiger partial charge in [0.1, 0.15) is 11.5 Å². The Hall–Kier alpha value is -1.48. The van der Waals surface area contributed by atoms with Crippen molar-refractivity contribution in [3.05, 3.63) is 23.8 Å². The van der Waals surface area contributed by atoms with Crippen molar-refractivity contribution in [1.82, 2.24) is 0 Å². The molecule has 1 aromatic carbocycles. The molecular weight excluding hydrogens is 277 g/mol. The van der Waals surface area contributed by atoms with Crippen LogP contribution in [0.5, 0.6) is 11.5 Å². The third kappa shape index (κ3) is 2.51. The van der Waals surface area contributed by atoms with E-state index < -0.39 is 21.4 Å². The molecule has 9 heteroatoms. The van der Waals surface area contributed by atoms with Crippen molar-refractivity contribution in [2.75, 3.05) is 6.79 Å². The average Bonchev–Trinajstić information content (AvgIpc) is 2.27. The minimum Gasteiger partial charge on any atom is -0.467 e. The molecular formula is C9H7F3O5S. The molecule has 0 amide bonds. The van der Waals surface area contributed by atoms with E-state index in [1.807, 2.05) is 0 Å². The number of fused-ring (bicyclic) bond motifs is 1. The Kier molecular flexibility index (Phi) is 3.11. The van der Waals surface area contributed by atoms with Crippen molar-refractivity contribution in [2.24, 2.45) is 0 Å². The van der Waals surface area contributed by atoms with Crippen molar-refractivity contribution < 1.29 is 35.2 Å². The van der Waals surface area contributed by atoms with Crippen LogP contribution in [0.1, 0.15) is 5.56 Å². The van der Waals surface area contributed by atoms with E-state index in [2.05, 4.69) is 4.18 Å². The fraction of sp³-hybridized carbons (Fsp3) is 0.333. The molecule has 0 N–H and O–H groups in total. The highest BCUT2D eigenvalue weighted by Gasteiger charge is 2.48. The molecule has 2 rings (SSSR count). The van der Waals surface area contributed by atoms with E-state index in [1.165, 1.54) is 6.07 Å². The molecule has 1 aromatic rings. The van der Waals surface area contributed by atoms with Gasteiger partial charge in [-0.1, -0.05) is 0 Å². The molecule has 0 spiro atoms. The quantitative estimate of drug-likeness (QED) is 0.612. The molecule has 1 aliphatic heterocycles. The molecule has 0 saturated heterocycles. The number of hydrogen-bond acceptors (Lipinski definition) is 5. The monoisotopic (exact) mass is 284 g/mol. The molecule has 0 saturated carbocycles. The van der Waals surface area contributed by atoms with Gasteiger partial charge >= 0.3 is 15.6 Å². The van der Waals surface area contributed by atoms with Crippen molar-refractivity contribution in [3.63, 3.8) is 0 Å².